The van der Waals surface area contributed by atoms with E-state index in [1.54, 1.807) is 11.1 Å². The van der Waals surface area contributed by atoms with Crippen LogP contribution in [0.4, 0.5) is 0 Å². The molecule has 0 spiro atoms. The zero-order valence-corrected chi connectivity index (χ0v) is 30.6. The van der Waals surface area contributed by atoms with Crippen molar-refractivity contribution in [2.75, 3.05) is 0 Å². The van der Waals surface area contributed by atoms with Gasteiger partial charge in [-0.3, -0.25) is 6.08 Å². The predicted molar refractivity (Wildman–Crippen MR) is 195 cm³/mol. The summed E-state index contributed by atoms with van der Waals surface area (Å²) < 4.78 is 1.42. The molecule has 0 aliphatic heterocycles. The second-order valence-electron chi connectivity index (χ2n) is 12.0. The molecule has 230 valence electrons. The van der Waals surface area contributed by atoms with E-state index in [1.165, 1.54) is 115 Å². The molecular formula is C44H50Zr. The molecule has 0 nitrogen and oxygen atoms in total. The molecule has 1 aliphatic rings. The molecule has 6 rings (SSSR count). The van der Waals surface area contributed by atoms with Gasteiger partial charge in [-0.2, -0.15) is 11.1 Å². The van der Waals surface area contributed by atoms with Gasteiger partial charge in [-0.05, 0) is 19.3 Å². The SMILES string of the molecule is CCCC1=[C-]CC(CCC)=C1CCC.CCc1ccc2c(c1)[cH-]c1cc(CC)ccc12.[Zr+2]=[C](c1ccccc1)c1ccccc1. The third kappa shape index (κ3) is 9.50. The fourth-order valence-electron chi connectivity index (χ4n) is 6.19. The number of rotatable bonds is 10. The summed E-state index contributed by atoms with van der Waals surface area (Å²) in [6, 6.07) is 37.1. The van der Waals surface area contributed by atoms with E-state index in [9.17, 15) is 0 Å². The van der Waals surface area contributed by atoms with Crippen LogP contribution in [0.2, 0.25) is 0 Å². The monoisotopic (exact) mass is 668 g/mol. The number of aryl methyl sites for hydroxylation is 2. The maximum atomic E-state index is 3.57. The van der Waals surface area contributed by atoms with Crippen molar-refractivity contribution in [2.45, 2.75) is 92.4 Å². The van der Waals surface area contributed by atoms with Gasteiger partial charge in [0.1, 0.15) is 0 Å². The van der Waals surface area contributed by atoms with Gasteiger partial charge >= 0.3 is 99.2 Å². The number of hydrogen-bond acceptors (Lipinski definition) is 0. The summed E-state index contributed by atoms with van der Waals surface area (Å²) in [6.45, 7) is 11.2. The van der Waals surface area contributed by atoms with Gasteiger partial charge in [0.15, 0.2) is 0 Å². The Morgan fingerprint density at radius 1 is 0.622 bits per heavy atom. The van der Waals surface area contributed by atoms with Crippen molar-refractivity contribution in [2.24, 2.45) is 0 Å². The molecule has 5 aromatic rings. The van der Waals surface area contributed by atoms with E-state index in [2.05, 4.69) is 144 Å². The molecular weight excluding hydrogens is 620 g/mol. The van der Waals surface area contributed by atoms with Crippen molar-refractivity contribution >= 4 is 24.8 Å². The molecule has 0 aromatic heterocycles. The molecule has 0 heterocycles. The fraction of sp³-hybridized carbons (Fsp3) is 0.318. The molecule has 0 radical (unpaired) electrons. The van der Waals surface area contributed by atoms with E-state index < -0.39 is 0 Å². The van der Waals surface area contributed by atoms with Gasteiger partial charge in [0.2, 0.25) is 0 Å². The molecule has 0 unspecified atom stereocenters. The van der Waals surface area contributed by atoms with Crippen LogP contribution in [0, 0.1) is 6.08 Å². The van der Waals surface area contributed by atoms with Gasteiger partial charge in [0, 0.05) is 0 Å². The Balaban J connectivity index is 0.000000155. The molecule has 0 saturated heterocycles. The summed E-state index contributed by atoms with van der Waals surface area (Å²) in [5.74, 6) is 0. The van der Waals surface area contributed by atoms with Crippen LogP contribution in [-0.4, -0.2) is 3.21 Å². The molecule has 45 heavy (non-hydrogen) atoms. The van der Waals surface area contributed by atoms with Crippen molar-refractivity contribution in [1.29, 1.82) is 0 Å². The van der Waals surface area contributed by atoms with Gasteiger partial charge in [-0.25, -0.2) is 5.57 Å². The van der Waals surface area contributed by atoms with Crippen LogP contribution in [0.25, 0.3) is 21.5 Å². The molecule has 1 heteroatoms. The molecule has 5 aromatic carbocycles. The Kier molecular flexibility index (Phi) is 14.1. The predicted octanol–water partition coefficient (Wildman–Crippen LogP) is 12.5. The van der Waals surface area contributed by atoms with Crippen LogP contribution in [-0.2, 0) is 37.1 Å². The van der Waals surface area contributed by atoms with E-state index >= 15 is 0 Å². The zero-order chi connectivity index (χ0) is 32.0. The Labute approximate surface area is 288 Å². The Morgan fingerprint density at radius 3 is 1.56 bits per heavy atom. The van der Waals surface area contributed by atoms with E-state index in [4.69, 9.17) is 0 Å². The van der Waals surface area contributed by atoms with Gasteiger partial charge < -0.3 is 0 Å². The van der Waals surface area contributed by atoms with Crippen molar-refractivity contribution in [1.82, 2.24) is 0 Å². The van der Waals surface area contributed by atoms with Crippen molar-refractivity contribution < 1.29 is 24.2 Å². The third-order valence-corrected chi connectivity index (χ3v) is 10.1. The van der Waals surface area contributed by atoms with Crippen molar-refractivity contribution in [3.8, 4) is 0 Å². The number of benzene rings is 4. The summed E-state index contributed by atoms with van der Waals surface area (Å²) in [4.78, 5) is 0. The maximum absolute atomic E-state index is 3.57. The fourth-order valence-corrected chi connectivity index (χ4v) is 7.00. The first-order valence-corrected chi connectivity index (χ1v) is 18.4. The Hall–Kier alpha value is -3.02. The van der Waals surface area contributed by atoms with Gasteiger partial charge in [-0.15, -0.1) is 46.2 Å². The third-order valence-electron chi connectivity index (χ3n) is 8.63. The quantitative estimate of drug-likeness (QED) is 0.130. The number of hydrogen-bond donors (Lipinski definition) is 0. The minimum atomic E-state index is 1.11. The average molecular weight is 670 g/mol. The van der Waals surface area contributed by atoms with Crippen LogP contribution in [0.5, 0.6) is 0 Å². The van der Waals surface area contributed by atoms with Gasteiger partial charge in [0.25, 0.3) is 0 Å². The normalized spacial score (nSPS) is 12.5. The van der Waals surface area contributed by atoms with Gasteiger partial charge in [0.05, 0.1) is 0 Å². The Morgan fingerprint density at radius 2 is 1.11 bits per heavy atom. The summed E-state index contributed by atoms with van der Waals surface area (Å²) in [7, 11) is 0. The van der Waals surface area contributed by atoms with Crippen LogP contribution in [0.3, 0.4) is 0 Å². The van der Waals surface area contributed by atoms with E-state index in [0.29, 0.717) is 0 Å². The summed E-state index contributed by atoms with van der Waals surface area (Å²) in [6.07, 6.45) is 14.5. The average Bonchev–Trinajstić information content (AvgIpc) is 3.65. The molecule has 0 saturated carbocycles. The van der Waals surface area contributed by atoms with Crippen molar-refractivity contribution in [3.63, 3.8) is 0 Å². The first-order valence-electron chi connectivity index (χ1n) is 17.1. The summed E-state index contributed by atoms with van der Waals surface area (Å²) >= 11 is 1.46. The van der Waals surface area contributed by atoms with E-state index in [-0.39, 0.29) is 0 Å². The number of allylic oxidation sites excluding steroid dienone is 4. The van der Waals surface area contributed by atoms with Crippen LogP contribution < -0.4 is 0 Å². The molecule has 0 amide bonds. The molecule has 0 fully saturated rings. The topological polar surface area (TPSA) is 0 Å². The standard InChI is InChI=1S/C17H17.C14H23.C13H10.Zr/c1-3-12-5-7-16-14(9-12)11-15-10-13(4-2)6-8-17(15)16;1-4-7-12-10-11-13(8-5-2)14(12)9-6-3;1-3-7-12(8-4-1)11-13-9-5-2-6-10-13;/h5-11H,3-4H2,1-2H3;4-10H2,1-3H3;1-10H;/q2*-1;;+2. The molecule has 0 atom stereocenters. The molecule has 0 bridgehead atoms. The van der Waals surface area contributed by atoms with E-state index in [1.807, 2.05) is 0 Å². The van der Waals surface area contributed by atoms with Crippen LogP contribution in [0.1, 0.15) is 102 Å². The molecule has 0 N–H and O–H groups in total. The van der Waals surface area contributed by atoms with Crippen LogP contribution in [0.15, 0.2) is 120 Å². The first kappa shape index (κ1) is 34.8. The van der Waals surface area contributed by atoms with Crippen LogP contribution >= 0.6 is 0 Å². The van der Waals surface area contributed by atoms with E-state index in [0.717, 1.165) is 19.3 Å². The second kappa shape index (κ2) is 18.2. The Bertz CT molecular complexity index is 1610. The van der Waals surface area contributed by atoms with Gasteiger partial charge in [-0.1, -0.05) is 102 Å². The first-order chi connectivity index (χ1) is 22.0. The summed E-state index contributed by atoms with van der Waals surface area (Å²) in [5, 5.41) is 5.54. The second-order valence-corrected chi connectivity index (χ2v) is 13.2. The summed E-state index contributed by atoms with van der Waals surface area (Å²) in [5.41, 5.74) is 10.4. The number of fused-ring (bicyclic) bond motifs is 3. The minimum absolute atomic E-state index is 1.11. The van der Waals surface area contributed by atoms with Crippen molar-refractivity contribution in [3.05, 3.63) is 148 Å². The molecule has 1 aliphatic carbocycles. The zero-order valence-electron chi connectivity index (χ0n) is 28.2.